The zero-order chi connectivity index (χ0) is 12.4. The molecule has 0 aliphatic heterocycles. The van der Waals surface area contributed by atoms with Crippen LogP contribution >= 0.6 is 0 Å². The Bertz CT molecular complexity index is 558. The molecule has 1 aromatic carbocycles. The predicted molar refractivity (Wildman–Crippen MR) is 65.5 cm³/mol. The van der Waals surface area contributed by atoms with Gasteiger partial charge in [-0.2, -0.15) is 5.10 Å². The molecule has 4 heteroatoms. The fraction of sp³-hybridized carbons (Fsp3) is 0.308. The van der Waals surface area contributed by atoms with Crippen molar-refractivity contribution >= 4 is 5.78 Å². The largest absolute Gasteiger partial charge is 0.294 e. The highest BCUT2D eigenvalue weighted by molar-refractivity contribution is 5.99. The van der Waals surface area contributed by atoms with Crippen LogP contribution in [-0.2, 0) is 0 Å². The minimum atomic E-state index is 0.119. The molecule has 0 aliphatic carbocycles. The number of benzene rings is 1. The average Bonchev–Trinajstić information content (AvgIpc) is 2.67. The monoisotopic (exact) mass is 229 g/mol. The molecule has 0 N–H and O–H groups in total. The summed E-state index contributed by atoms with van der Waals surface area (Å²) >= 11 is 0. The smallest absolute Gasteiger partial charge is 0.164 e. The van der Waals surface area contributed by atoms with Crippen molar-refractivity contribution in [3.8, 4) is 5.69 Å². The van der Waals surface area contributed by atoms with Gasteiger partial charge in [-0.25, -0.2) is 9.67 Å². The molecule has 0 spiro atoms. The number of para-hydroxylation sites is 1. The van der Waals surface area contributed by atoms with Gasteiger partial charge in [0.25, 0.3) is 0 Å². The second kappa shape index (κ2) is 4.49. The summed E-state index contributed by atoms with van der Waals surface area (Å²) in [5.41, 5.74) is 1.50. The fourth-order valence-electron chi connectivity index (χ4n) is 1.83. The molecular weight excluding hydrogens is 214 g/mol. The van der Waals surface area contributed by atoms with Crippen LogP contribution in [0.5, 0.6) is 0 Å². The second-order valence-corrected chi connectivity index (χ2v) is 3.91. The third kappa shape index (κ3) is 2.11. The SMILES string of the molecule is CCC(=O)c1ccccc1-n1nc(C)nc1C. The molecule has 0 saturated heterocycles. The zero-order valence-electron chi connectivity index (χ0n) is 10.3. The Balaban J connectivity index is 2.59. The van der Waals surface area contributed by atoms with Gasteiger partial charge in [0, 0.05) is 12.0 Å². The molecule has 88 valence electrons. The quantitative estimate of drug-likeness (QED) is 0.760. The predicted octanol–water partition coefficient (Wildman–Crippen LogP) is 2.48. The molecule has 0 radical (unpaired) electrons. The van der Waals surface area contributed by atoms with E-state index in [9.17, 15) is 4.79 Å². The minimum absolute atomic E-state index is 0.119. The van der Waals surface area contributed by atoms with Gasteiger partial charge >= 0.3 is 0 Å². The van der Waals surface area contributed by atoms with Crippen LogP contribution in [0, 0.1) is 13.8 Å². The Labute approximate surface area is 100 Å². The van der Waals surface area contributed by atoms with Crippen molar-refractivity contribution in [3.05, 3.63) is 41.5 Å². The van der Waals surface area contributed by atoms with Gasteiger partial charge in [0.15, 0.2) is 5.78 Å². The third-order valence-electron chi connectivity index (χ3n) is 2.63. The van der Waals surface area contributed by atoms with Gasteiger partial charge in [-0.15, -0.1) is 0 Å². The first-order chi connectivity index (χ1) is 8.13. The van der Waals surface area contributed by atoms with E-state index < -0.39 is 0 Å². The van der Waals surface area contributed by atoms with Gasteiger partial charge < -0.3 is 0 Å². The van der Waals surface area contributed by atoms with E-state index in [-0.39, 0.29) is 5.78 Å². The molecule has 0 unspecified atom stereocenters. The summed E-state index contributed by atoms with van der Waals surface area (Å²) in [6.07, 6.45) is 0.490. The lowest BCUT2D eigenvalue weighted by Crippen LogP contribution is -2.07. The molecule has 0 amide bonds. The van der Waals surface area contributed by atoms with Crippen LogP contribution in [0.25, 0.3) is 5.69 Å². The highest BCUT2D eigenvalue weighted by Crippen LogP contribution is 2.17. The maximum atomic E-state index is 11.9. The van der Waals surface area contributed by atoms with E-state index in [1.807, 2.05) is 45.0 Å². The molecule has 0 fully saturated rings. The zero-order valence-corrected chi connectivity index (χ0v) is 10.3. The molecule has 2 rings (SSSR count). The Morgan fingerprint density at radius 3 is 2.59 bits per heavy atom. The summed E-state index contributed by atoms with van der Waals surface area (Å²) in [5, 5.41) is 4.31. The lowest BCUT2D eigenvalue weighted by molar-refractivity contribution is 0.0988. The van der Waals surface area contributed by atoms with Crippen molar-refractivity contribution in [1.82, 2.24) is 14.8 Å². The van der Waals surface area contributed by atoms with E-state index in [0.717, 1.165) is 11.5 Å². The summed E-state index contributed by atoms with van der Waals surface area (Å²) in [7, 11) is 0. The molecule has 1 heterocycles. The molecular formula is C13H15N3O. The fourth-order valence-corrected chi connectivity index (χ4v) is 1.83. The molecule has 1 aromatic heterocycles. The molecule has 0 bridgehead atoms. The lowest BCUT2D eigenvalue weighted by atomic mass is 10.1. The standard InChI is InChI=1S/C13H15N3O/c1-4-13(17)11-7-5-6-8-12(11)16-10(3)14-9(2)15-16/h5-8H,4H2,1-3H3. The van der Waals surface area contributed by atoms with Crippen LogP contribution in [0.4, 0.5) is 0 Å². The first-order valence-electron chi connectivity index (χ1n) is 5.66. The van der Waals surface area contributed by atoms with Crippen LogP contribution in [-0.4, -0.2) is 20.5 Å². The maximum absolute atomic E-state index is 11.9. The van der Waals surface area contributed by atoms with E-state index in [4.69, 9.17) is 0 Å². The summed E-state index contributed by atoms with van der Waals surface area (Å²) in [5.74, 6) is 1.62. The number of carbonyl (C=O) groups is 1. The maximum Gasteiger partial charge on any atom is 0.164 e. The topological polar surface area (TPSA) is 47.8 Å². The van der Waals surface area contributed by atoms with Crippen molar-refractivity contribution in [3.63, 3.8) is 0 Å². The first-order valence-corrected chi connectivity index (χ1v) is 5.66. The Morgan fingerprint density at radius 2 is 2.00 bits per heavy atom. The number of carbonyl (C=O) groups excluding carboxylic acids is 1. The van der Waals surface area contributed by atoms with Gasteiger partial charge in [0.2, 0.25) is 0 Å². The summed E-state index contributed by atoms with van der Waals surface area (Å²) < 4.78 is 1.72. The number of hydrogen-bond donors (Lipinski definition) is 0. The number of hydrogen-bond acceptors (Lipinski definition) is 3. The van der Waals surface area contributed by atoms with Crippen molar-refractivity contribution in [1.29, 1.82) is 0 Å². The van der Waals surface area contributed by atoms with E-state index in [1.54, 1.807) is 4.68 Å². The third-order valence-corrected chi connectivity index (χ3v) is 2.63. The highest BCUT2D eigenvalue weighted by atomic mass is 16.1. The Hall–Kier alpha value is -1.97. The minimum Gasteiger partial charge on any atom is -0.294 e. The second-order valence-electron chi connectivity index (χ2n) is 3.91. The molecule has 17 heavy (non-hydrogen) atoms. The lowest BCUT2D eigenvalue weighted by Gasteiger charge is -2.08. The van der Waals surface area contributed by atoms with Gasteiger partial charge in [0.05, 0.1) is 5.69 Å². The summed E-state index contributed by atoms with van der Waals surface area (Å²) in [4.78, 5) is 16.1. The van der Waals surface area contributed by atoms with Crippen LogP contribution in [0.3, 0.4) is 0 Å². The number of aromatic nitrogens is 3. The normalized spacial score (nSPS) is 10.5. The number of aryl methyl sites for hydroxylation is 2. The van der Waals surface area contributed by atoms with Crippen molar-refractivity contribution in [2.75, 3.05) is 0 Å². The van der Waals surface area contributed by atoms with Gasteiger partial charge in [0.1, 0.15) is 11.6 Å². The Kier molecular flexibility index (Phi) is 3.04. The first kappa shape index (κ1) is 11.5. The van der Waals surface area contributed by atoms with Crippen LogP contribution < -0.4 is 0 Å². The van der Waals surface area contributed by atoms with Crippen molar-refractivity contribution in [2.24, 2.45) is 0 Å². The number of nitrogens with zero attached hydrogens (tertiary/aromatic N) is 3. The molecule has 0 saturated carbocycles. The van der Waals surface area contributed by atoms with Gasteiger partial charge in [-0.1, -0.05) is 19.1 Å². The molecule has 0 atom stereocenters. The molecule has 2 aromatic rings. The number of Topliss-reactive ketones (excluding diaryl/α,β-unsaturated/α-hetero) is 1. The van der Waals surface area contributed by atoms with Crippen LogP contribution in [0.1, 0.15) is 35.4 Å². The average molecular weight is 229 g/mol. The number of rotatable bonds is 3. The van der Waals surface area contributed by atoms with E-state index in [0.29, 0.717) is 17.8 Å². The van der Waals surface area contributed by atoms with Crippen LogP contribution in [0.2, 0.25) is 0 Å². The van der Waals surface area contributed by atoms with E-state index >= 15 is 0 Å². The van der Waals surface area contributed by atoms with E-state index in [2.05, 4.69) is 10.1 Å². The van der Waals surface area contributed by atoms with Gasteiger partial charge in [-0.05, 0) is 26.0 Å². The van der Waals surface area contributed by atoms with Crippen molar-refractivity contribution < 1.29 is 4.79 Å². The number of ketones is 1. The van der Waals surface area contributed by atoms with Gasteiger partial charge in [-0.3, -0.25) is 4.79 Å². The summed E-state index contributed by atoms with van der Waals surface area (Å²) in [6.45, 7) is 5.58. The molecule has 4 nitrogen and oxygen atoms in total. The Morgan fingerprint density at radius 1 is 1.29 bits per heavy atom. The van der Waals surface area contributed by atoms with E-state index in [1.165, 1.54) is 0 Å². The van der Waals surface area contributed by atoms with Crippen LogP contribution in [0.15, 0.2) is 24.3 Å². The molecule has 0 aliphatic rings. The highest BCUT2D eigenvalue weighted by Gasteiger charge is 2.13. The van der Waals surface area contributed by atoms with Crippen molar-refractivity contribution in [2.45, 2.75) is 27.2 Å². The summed E-state index contributed by atoms with van der Waals surface area (Å²) in [6, 6.07) is 7.49.